The summed E-state index contributed by atoms with van der Waals surface area (Å²) < 4.78 is 11.7. The molecule has 5 rings (SSSR count). The molecule has 1 unspecified atom stereocenters. The van der Waals surface area contributed by atoms with Crippen molar-refractivity contribution in [3.05, 3.63) is 88.5 Å². The van der Waals surface area contributed by atoms with Crippen molar-refractivity contribution in [2.24, 2.45) is 0 Å². The number of hydrogen-bond donors (Lipinski definition) is 1. The largest absolute Gasteiger partial charge is 0.507 e. The van der Waals surface area contributed by atoms with Crippen LogP contribution < -0.4 is 14.4 Å². The molecule has 1 aliphatic rings. The number of aromatic nitrogens is 1. The number of benzene rings is 3. The molecule has 1 atom stereocenters. The van der Waals surface area contributed by atoms with E-state index in [1.807, 2.05) is 25.1 Å². The number of halogens is 1. The first kappa shape index (κ1) is 23.8. The number of ether oxygens (including phenoxy) is 2. The Morgan fingerprint density at radius 2 is 1.86 bits per heavy atom. The maximum atomic E-state index is 13.4. The standard InChI is InChI=1S/C27H21ClN2O5S/c1-3-35-19-11-12-20-21(14-19)36-27(29-20)30-23(15-7-9-17(28)10-8-15)22(25(32)26(30)33)24(31)16-5-4-6-18(13-16)34-2/h4-14,23,31H,3H2,1-2H3. The highest BCUT2D eigenvalue weighted by Crippen LogP contribution is 2.45. The van der Waals surface area contributed by atoms with E-state index in [1.54, 1.807) is 48.5 Å². The van der Waals surface area contributed by atoms with Gasteiger partial charge in [-0.3, -0.25) is 14.5 Å². The van der Waals surface area contributed by atoms with E-state index in [1.165, 1.54) is 23.3 Å². The van der Waals surface area contributed by atoms with Crippen LogP contribution in [0.25, 0.3) is 16.0 Å². The lowest BCUT2D eigenvalue weighted by molar-refractivity contribution is -0.132. The monoisotopic (exact) mass is 520 g/mol. The summed E-state index contributed by atoms with van der Waals surface area (Å²) in [5, 5.41) is 12.1. The number of hydrogen-bond acceptors (Lipinski definition) is 7. The minimum Gasteiger partial charge on any atom is -0.507 e. The number of amides is 1. The SMILES string of the molecule is CCOc1ccc2nc(N3C(=O)C(=O)C(=C(O)c4cccc(OC)c4)C3c3ccc(Cl)cc3)sc2c1. The molecule has 3 aromatic carbocycles. The molecule has 0 bridgehead atoms. The first-order valence-corrected chi connectivity index (χ1v) is 12.3. The number of carbonyl (C=O) groups excluding carboxylic acids is 2. The van der Waals surface area contributed by atoms with Crippen LogP contribution in [0, 0.1) is 0 Å². The summed E-state index contributed by atoms with van der Waals surface area (Å²) in [4.78, 5) is 32.7. The van der Waals surface area contributed by atoms with E-state index in [-0.39, 0.29) is 11.3 Å². The molecule has 0 spiro atoms. The average Bonchev–Trinajstić information content (AvgIpc) is 3.42. The third-order valence-corrected chi connectivity index (χ3v) is 7.11. The van der Waals surface area contributed by atoms with E-state index >= 15 is 0 Å². The molecule has 182 valence electrons. The molecule has 7 nitrogen and oxygen atoms in total. The van der Waals surface area contributed by atoms with E-state index in [0.29, 0.717) is 44.9 Å². The third-order valence-electron chi connectivity index (χ3n) is 5.84. The summed E-state index contributed by atoms with van der Waals surface area (Å²) in [5.74, 6) is -0.676. The molecule has 1 aromatic heterocycles. The third kappa shape index (κ3) is 4.19. The van der Waals surface area contributed by atoms with Crippen molar-refractivity contribution < 1.29 is 24.2 Å². The van der Waals surface area contributed by atoms with Crippen LogP contribution in [0.4, 0.5) is 5.13 Å². The topological polar surface area (TPSA) is 89.0 Å². The minimum absolute atomic E-state index is 0.0372. The van der Waals surface area contributed by atoms with Crippen molar-refractivity contribution in [3.63, 3.8) is 0 Å². The van der Waals surface area contributed by atoms with E-state index in [4.69, 9.17) is 21.1 Å². The predicted molar refractivity (Wildman–Crippen MR) is 140 cm³/mol. The maximum Gasteiger partial charge on any atom is 0.301 e. The first-order valence-electron chi connectivity index (χ1n) is 11.2. The molecule has 1 fully saturated rings. The Morgan fingerprint density at radius 3 is 2.58 bits per heavy atom. The van der Waals surface area contributed by atoms with Gasteiger partial charge in [0.2, 0.25) is 0 Å². The Labute approximate surface area is 216 Å². The number of aliphatic hydroxyl groups is 1. The lowest BCUT2D eigenvalue weighted by Gasteiger charge is -2.23. The average molecular weight is 521 g/mol. The fourth-order valence-corrected chi connectivity index (χ4v) is 5.32. The molecule has 1 aliphatic heterocycles. The number of rotatable bonds is 6. The van der Waals surface area contributed by atoms with Crippen molar-refractivity contribution in [2.45, 2.75) is 13.0 Å². The van der Waals surface area contributed by atoms with Crippen LogP contribution in [0.1, 0.15) is 24.1 Å². The van der Waals surface area contributed by atoms with Crippen LogP contribution >= 0.6 is 22.9 Å². The van der Waals surface area contributed by atoms with Crippen LogP contribution in [0.5, 0.6) is 11.5 Å². The van der Waals surface area contributed by atoms with Gasteiger partial charge >= 0.3 is 5.91 Å². The van der Waals surface area contributed by atoms with E-state index in [0.717, 1.165) is 4.70 Å². The molecule has 9 heteroatoms. The van der Waals surface area contributed by atoms with Gasteiger partial charge in [-0.05, 0) is 55.0 Å². The number of thiazole rings is 1. The van der Waals surface area contributed by atoms with Crippen LogP contribution in [0.2, 0.25) is 5.02 Å². The summed E-state index contributed by atoms with van der Waals surface area (Å²) in [6.07, 6.45) is 0. The molecule has 4 aromatic rings. The Morgan fingerprint density at radius 1 is 1.08 bits per heavy atom. The van der Waals surface area contributed by atoms with E-state index in [9.17, 15) is 14.7 Å². The molecule has 0 saturated carbocycles. The fourth-order valence-electron chi connectivity index (χ4n) is 4.17. The van der Waals surface area contributed by atoms with Gasteiger partial charge in [-0.25, -0.2) is 4.98 Å². The number of Topliss-reactive ketones (excluding diaryl/α,β-unsaturated/α-hetero) is 1. The van der Waals surface area contributed by atoms with Gasteiger partial charge in [0.25, 0.3) is 5.78 Å². The summed E-state index contributed by atoms with van der Waals surface area (Å²) in [5.41, 5.74) is 1.60. The number of anilines is 1. The van der Waals surface area contributed by atoms with Crippen molar-refractivity contribution in [3.8, 4) is 11.5 Å². The second kappa shape index (κ2) is 9.64. The highest BCUT2D eigenvalue weighted by Gasteiger charge is 2.48. The summed E-state index contributed by atoms with van der Waals surface area (Å²) in [6, 6.07) is 18.1. The van der Waals surface area contributed by atoms with Crippen LogP contribution in [-0.2, 0) is 9.59 Å². The van der Waals surface area contributed by atoms with E-state index in [2.05, 4.69) is 4.98 Å². The molecular weight excluding hydrogens is 500 g/mol. The van der Waals surface area contributed by atoms with Gasteiger partial charge in [0, 0.05) is 10.6 Å². The van der Waals surface area contributed by atoms with Gasteiger partial charge in [0.1, 0.15) is 17.3 Å². The van der Waals surface area contributed by atoms with Gasteiger partial charge in [0.05, 0.1) is 35.5 Å². The second-order valence-corrected chi connectivity index (χ2v) is 9.46. The lowest BCUT2D eigenvalue weighted by atomic mass is 9.95. The van der Waals surface area contributed by atoms with Gasteiger partial charge in [0.15, 0.2) is 5.13 Å². The fraction of sp³-hybridized carbons (Fsp3) is 0.148. The second-order valence-electron chi connectivity index (χ2n) is 8.01. The molecule has 0 radical (unpaired) electrons. The Hall–Kier alpha value is -3.88. The number of fused-ring (bicyclic) bond motifs is 1. The van der Waals surface area contributed by atoms with Crippen LogP contribution in [0.3, 0.4) is 0 Å². The number of nitrogens with zero attached hydrogens (tertiary/aromatic N) is 2. The zero-order chi connectivity index (χ0) is 25.4. The lowest BCUT2D eigenvalue weighted by Crippen LogP contribution is -2.29. The number of ketones is 1. The number of aliphatic hydroxyl groups excluding tert-OH is 1. The summed E-state index contributed by atoms with van der Waals surface area (Å²) >= 11 is 7.38. The number of methoxy groups -OCH3 is 1. The zero-order valence-corrected chi connectivity index (χ0v) is 21.0. The Kier molecular flexibility index (Phi) is 6.38. The highest BCUT2D eigenvalue weighted by molar-refractivity contribution is 7.22. The van der Waals surface area contributed by atoms with Crippen LogP contribution in [0.15, 0.2) is 72.3 Å². The molecular formula is C27H21ClN2O5S. The minimum atomic E-state index is -0.902. The number of carbonyl (C=O) groups is 2. The Balaban J connectivity index is 1.69. The maximum absolute atomic E-state index is 13.4. The van der Waals surface area contributed by atoms with Crippen molar-refractivity contribution in [1.29, 1.82) is 0 Å². The smallest absolute Gasteiger partial charge is 0.301 e. The molecule has 36 heavy (non-hydrogen) atoms. The highest BCUT2D eigenvalue weighted by atomic mass is 35.5. The molecule has 2 heterocycles. The molecule has 1 saturated heterocycles. The van der Waals surface area contributed by atoms with Crippen molar-refractivity contribution in [2.75, 3.05) is 18.6 Å². The normalized spacial score (nSPS) is 17.1. The predicted octanol–water partition coefficient (Wildman–Crippen LogP) is 5.98. The summed E-state index contributed by atoms with van der Waals surface area (Å²) in [6.45, 7) is 2.42. The van der Waals surface area contributed by atoms with Gasteiger partial charge in [-0.2, -0.15) is 0 Å². The van der Waals surface area contributed by atoms with Gasteiger partial charge in [-0.15, -0.1) is 0 Å². The van der Waals surface area contributed by atoms with E-state index < -0.39 is 17.7 Å². The first-order chi connectivity index (χ1) is 17.4. The summed E-state index contributed by atoms with van der Waals surface area (Å²) in [7, 11) is 1.51. The molecule has 0 aliphatic carbocycles. The molecule has 1 amide bonds. The van der Waals surface area contributed by atoms with Crippen molar-refractivity contribution in [1.82, 2.24) is 4.98 Å². The zero-order valence-electron chi connectivity index (χ0n) is 19.4. The van der Waals surface area contributed by atoms with Crippen molar-refractivity contribution >= 4 is 55.7 Å². The Bertz CT molecular complexity index is 1510. The van der Waals surface area contributed by atoms with Crippen LogP contribution in [-0.4, -0.2) is 35.5 Å². The molecule has 1 N–H and O–H groups in total. The van der Waals surface area contributed by atoms with Gasteiger partial charge in [-0.1, -0.05) is 47.2 Å². The van der Waals surface area contributed by atoms with Gasteiger partial charge < -0.3 is 14.6 Å². The quantitative estimate of drug-likeness (QED) is 0.191.